The van der Waals surface area contributed by atoms with Gasteiger partial charge in [-0.05, 0) is 56.0 Å². The Balaban J connectivity index is 2.46. The van der Waals surface area contributed by atoms with Crippen LogP contribution in [0.15, 0.2) is 24.3 Å². The summed E-state index contributed by atoms with van der Waals surface area (Å²) >= 11 is 6.07. The second kappa shape index (κ2) is 10.3. The van der Waals surface area contributed by atoms with E-state index in [1.807, 2.05) is 6.07 Å². The first-order valence-electron chi connectivity index (χ1n) is 7.71. The Hall–Kier alpha value is -0.530. The molecule has 1 rings (SSSR count). The summed E-state index contributed by atoms with van der Waals surface area (Å²) in [5.74, 6) is 0.733. The molecule has 1 atom stereocenters. The van der Waals surface area contributed by atoms with Gasteiger partial charge >= 0.3 is 0 Å². The van der Waals surface area contributed by atoms with Gasteiger partial charge in [-0.3, -0.25) is 0 Å². The average molecular weight is 282 g/mol. The summed E-state index contributed by atoms with van der Waals surface area (Å²) in [5.41, 5.74) is 1.37. The number of hydrogen-bond donors (Lipinski definition) is 1. The van der Waals surface area contributed by atoms with Gasteiger partial charge in [-0.1, -0.05) is 56.8 Å². The molecular weight excluding hydrogens is 254 g/mol. The second-order valence-electron chi connectivity index (χ2n) is 5.40. The minimum absolute atomic E-state index is 0.733. The highest BCUT2D eigenvalue weighted by Gasteiger charge is 2.09. The van der Waals surface area contributed by atoms with E-state index < -0.39 is 0 Å². The van der Waals surface area contributed by atoms with Gasteiger partial charge in [-0.15, -0.1) is 0 Å². The lowest BCUT2D eigenvalue weighted by molar-refractivity contribution is 0.424. The number of benzene rings is 1. The molecule has 1 aromatic carbocycles. The molecule has 2 heteroatoms. The monoisotopic (exact) mass is 281 g/mol. The predicted octanol–water partition coefficient (Wildman–Crippen LogP) is 5.08. The van der Waals surface area contributed by atoms with Crippen molar-refractivity contribution in [1.29, 1.82) is 0 Å². The fourth-order valence-corrected chi connectivity index (χ4v) is 2.65. The molecule has 0 saturated carbocycles. The van der Waals surface area contributed by atoms with Crippen LogP contribution >= 0.6 is 11.6 Å². The van der Waals surface area contributed by atoms with Crippen LogP contribution < -0.4 is 5.32 Å². The van der Waals surface area contributed by atoms with E-state index in [4.69, 9.17) is 11.6 Å². The molecule has 0 fully saturated rings. The SMILES string of the molecule is CCCCCC(CNCCC)Cc1cccc(Cl)c1. The smallest absolute Gasteiger partial charge is 0.0408 e. The fourth-order valence-electron chi connectivity index (χ4n) is 2.44. The summed E-state index contributed by atoms with van der Waals surface area (Å²) in [5, 5.41) is 4.42. The minimum atomic E-state index is 0.733. The van der Waals surface area contributed by atoms with Crippen LogP contribution in [0.2, 0.25) is 5.02 Å². The highest BCUT2D eigenvalue weighted by atomic mass is 35.5. The second-order valence-corrected chi connectivity index (χ2v) is 5.84. The van der Waals surface area contributed by atoms with Crippen molar-refractivity contribution in [2.75, 3.05) is 13.1 Å². The minimum Gasteiger partial charge on any atom is -0.316 e. The Labute approximate surface area is 123 Å². The van der Waals surface area contributed by atoms with Gasteiger partial charge in [0.25, 0.3) is 0 Å². The van der Waals surface area contributed by atoms with Crippen molar-refractivity contribution in [1.82, 2.24) is 5.32 Å². The van der Waals surface area contributed by atoms with Crippen molar-refractivity contribution < 1.29 is 0 Å². The predicted molar refractivity (Wildman–Crippen MR) is 85.9 cm³/mol. The largest absolute Gasteiger partial charge is 0.316 e. The van der Waals surface area contributed by atoms with E-state index in [0.29, 0.717) is 0 Å². The molecule has 0 amide bonds. The lowest BCUT2D eigenvalue weighted by Gasteiger charge is -2.18. The third kappa shape index (κ3) is 7.59. The Kier molecular flexibility index (Phi) is 8.94. The number of unbranched alkanes of at least 4 members (excludes halogenated alkanes) is 2. The molecule has 0 aliphatic heterocycles. The Morgan fingerprint density at radius 3 is 2.68 bits per heavy atom. The molecule has 19 heavy (non-hydrogen) atoms. The van der Waals surface area contributed by atoms with Crippen LogP contribution in [0, 0.1) is 5.92 Å². The van der Waals surface area contributed by atoms with E-state index in [-0.39, 0.29) is 0 Å². The Morgan fingerprint density at radius 2 is 2.00 bits per heavy atom. The molecule has 1 nitrogen and oxygen atoms in total. The standard InChI is InChI=1S/C17H28ClN/c1-3-5-6-8-16(14-19-11-4-2)12-15-9-7-10-17(18)13-15/h7,9-10,13,16,19H,3-6,8,11-12,14H2,1-2H3. The molecule has 0 saturated heterocycles. The molecule has 0 aromatic heterocycles. The number of hydrogen-bond acceptors (Lipinski definition) is 1. The first-order valence-corrected chi connectivity index (χ1v) is 8.09. The topological polar surface area (TPSA) is 12.0 Å². The summed E-state index contributed by atoms with van der Waals surface area (Å²) in [4.78, 5) is 0. The Bertz CT molecular complexity index is 328. The fraction of sp³-hybridized carbons (Fsp3) is 0.647. The molecule has 0 aliphatic rings. The molecule has 0 bridgehead atoms. The van der Waals surface area contributed by atoms with E-state index in [1.165, 1.54) is 37.7 Å². The van der Waals surface area contributed by atoms with Crippen LogP contribution in [0.25, 0.3) is 0 Å². The highest BCUT2D eigenvalue weighted by molar-refractivity contribution is 6.30. The number of halogens is 1. The van der Waals surface area contributed by atoms with Crippen molar-refractivity contribution in [3.05, 3.63) is 34.9 Å². The Morgan fingerprint density at radius 1 is 1.16 bits per heavy atom. The number of nitrogens with one attached hydrogen (secondary N) is 1. The molecule has 108 valence electrons. The molecule has 0 radical (unpaired) electrons. The van der Waals surface area contributed by atoms with Gasteiger partial charge < -0.3 is 5.32 Å². The van der Waals surface area contributed by atoms with Gasteiger partial charge in [-0.25, -0.2) is 0 Å². The van der Waals surface area contributed by atoms with Gasteiger partial charge in [0.2, 0.25) is 0 Å². The maximum absolute atomic E-state index is 6.07. The summed E-state index contributed by atoms with van der Waals surface area (Å²) in [6.07, 6.45) is 7.65. The van der Waals surface area contributed by atoms with Crippen LogP contribution in [0.4, 0.5) is 0 Å². The van der Waals surface area contributed by atoms with Gasteiger partial charge in [0, 0.05) is 5.02 Å². The third-order valence-corrected chi connectivity index (χ3v) is 3.72. The van der Waals surface area contributed by atoms with E-state index in [2.05, 4.69) is 37.4 Å². The van der Waals surface area contributed by atoms with Gasteiger partial charge in [0.1, 0.15) is 0 Å². The van der Waals surface area contributed by atoms with Gasteiger partial charge in [-0.2, -0.15) is 0 Å². The van der Waals surface area contributed by atoms with E-state index in [1.54, 1.807) is 0 Å². The van der Waals surface area contributed by atoms with Crippen LogP contribution in [-0.2, 0) is 6.42 Å². The molecule has 0 spiro atoms. The summed E-state index contributed by atoms with van der Waals surface area (Å²) in [6.45, 7) is 6.74. The normalized spacial score (nSPS) is 12.6. The van der Waals surface area contributed by atoms with Crippen LogP contribution in [0.3, 0.4) is 0 Å². The summed E-state index contributed by atoms with van der Waals surface area (Å²) < 4.78 is 0. The van der Waals surface area contributed by atoms with Gasteiger partial charge in [0.05, 0.1) is 0 Å². The van der Waals surface area contributed by atoms with Crippen molar-refractivity contribution in [2.45, 2.75) is 52.4 Å². The zero-order valence-electron chi connectivity index (χ0n) is 12.4. The lowest BCUT2D eigenvalue weighted by Crippen LogP contribution is -2.25. The first-order chi connectivity index (χ1) is 9.26. The van der Waals surface area contributed by atoms with Crippen molar-refractivity contribution >= 4 is 11.6 Å². The van der Waals surface area contributed by atoms with Crippen LogP contribution in [0.1, 0.15) is 51.5 Å². The maximum atomic E-state index is 6.07. The van der Waals surface area contributed by atoms with Crippen LogP contribution in [0.5, 0.6) is 0 Å². The summed E-state index contributed by atoms with van der Waals surface area (Å²) in [6, 6.07) is 8.30. The zero-order valence-corrected chi connectivity index (χ0v) is 13.2. The third-order valence-electron chi connectivity index (χ3n) is 3.49. The molecule has 1 unspecified atom stereocenters. The number of rotatable bonds is 10. The van der Waals surface area contributed by atoms with Crippen LogP contribution in [-0.4, -0.2) is 13.1 Å². The van der Waals surface area contributed by atoms with Gasteiger partial charge in [0.15, 0.2) is 0 Å². The van der Waals surface area contributed by atoms with E-state index in [0.717, 1.165) is 30.5 Å². The summed E-state index contributed by atoms with van der Waals surface area (Å²) in [7, 11) is 0. The quantitative estimate of drug-likeness (QED) is 0.590. The van der Waals surface area contributed by atoms with Crippen molar-refractivity contribution in [3.63, 3.8) is 0 Å². The van der Waals surface area contributed by atoms with E-state index in [9.17, 15) is 0 Å². The highest BCUT2D eigenvalue weighted by Crippen LogP contribution is 2.18. The molecule has 0 aliphatic carbocycles. The molecular formula is C17H28ClN. The first kappa shape index (κ1) is 16.5. The average Bonchev–Trinajstić information content (AvgIpc) is 2.39. The molecule has 1 aromatic rings. The molecule has 0 heterocycles. The van der Waals surface area contributed by atoms with Crippen molar-refractivity contribution in [2.24, 2.45) is 5.92 Å². The van der Waals surface area contributed by atoms with E-state index >= 15 is 0 Å². The van der Waals surface area contributed by atoms with Crippen molar-refractivity contribution in [3.8, 4) is 0 Å². The molecule has 1 N–H and O–H groups in total. The zero-order chi connectivity index (χ0) is 13.9. The lowest BCUT2D eigenvalue weighted by atomic mass is 9.93. The maximum Gasteiger partial charge on any atom is 0.0408 e.